The summed E-state index contributed by atoms with van der Waals surface area (Å²) in [6.07, 6.45) is 3.12. The van der Waals surface area contributed by atoms with Crippen molar-refractivity contribution in [2.24, 2.45) is 0 Å². The Morgan fingerprint density at radius 3 is 2.83 bits per heavy atom. The molecule has 120 valence electrons. The van der Waals surface area contributed by atoms with Crippen molar-refractivity contribution in [1.82, 2.24) is 10.3 Å². The highest BCUT2D eigenvalue weighted by atomic mass is 127. The van der Waals surface area contributed by atoms with Crippen molar-refractivity contribution in [3.05, 3.63) is 50.8 Å². The molecule has 0 aliphatic carbocycles. The van der Waals surface area contributed by atoms with Crippen LogP contribution in [0.3, 0.4) is 0 Å². The molecule has 8 heteroatoms. The van der Waals surface area contributed by atoms with Crippen LogP contribution in [-0.4, -0.2) is 30.5 Å². The van der Waals surface area contributed by atoms with Gasteiger partial charge in [0.25, 0.3) is 5.91 Å². The van der Waals surface area contributed by atoms with E-state index in [1.54, 1.807) is 24.4 Å². The first-order valence-electron chi connectivity index (χ1n) is 6.52. The van der Waals surface area contributed by atoms with Gasteiger partial charge in [0.05, 0.1) is 36.1 Å². The summed E-state index contributed by atoms with van der Waals surface area (Å²) < 4.78 is 5.94. The van der Waals surface area contributed by atoms with Gasteiger partial charge in [-0.25, -0.2) is 0 Å². The number of anilines is 1. The topological polar surface area (TPSA) is 80.3 Å². The van der Waals surface area contributed by atoms with E-state index in [9.17, 15) is 9.59 Å². The number of halogens is 2. The highest BCUT2D eigenvalue weighted by molar-refractivity contribution is 14.1. The average Bonchev–Trinajstić information content (AvgIpc) is 2.55. The van der Waals surface area contributed by atoms with E-state index >= 15 is 0 Å². The summed E-state index contributed by atoms with van der Waals surface area (Å²) in [7, 11) is 1.46. The van der Waals surface area contributed by atoms with Crippen LogP contribution in [0.25, 0.3) is 0 Å². The molecule has 0 atom stereocenters. The lowest BCUT2D eigenvalue weighted by atomic mass is 10.2. The fourth-order valence-corrected chi connectivity index (χ4v) is 2.37. The molecular weight excluding hydrogens is 433 g/mol. The predicted molar refractivity (Wildman–Crippen MR) is 95.9 cm³/mol. The first kappa shape index (κ1) is 17.5. The van der Waals surface area contributed by atoms with Gasteiger partial charge < -0.3 is 15.4 Å². The minimum Gasteiger partial charge on any atom is -0.496 e. The lowest BCUT2D eigenvalue weighted by molar-refractivity contribution is -0.115. The highest BCUT2D eigenvalue weighted by Crippen LogP contribution is 2.28. The first-order chi connectivity index (χ1) is 11.0. The summed E-state index contributed by atoms with van der Waals surface area (Å²) in [5.74, 6) is -0.410. The zero-order valence-corrected chi connectivity index (χ0v) is 15.0. The van der Waals surface area contributed by atoms with Crippen molar-refractivity contribution in [3.63, 3.8) is 0 Å². The number of amides is 2. The number of methoxy groups -OCH3 is 1. The van der Waals surface area contributed by atoms with Crippen molar-refractivity contribution in [2.45, 2.75) is 0 Å². The zero-order chi connectivity index (χ0) is 16.8. The number of carbonyl (C=O) groups excluding carboxylic acids is 2. The van der Waals surface area contributed by atoms with Crippen molar-refractivity contribution < 1.29 is 14.3 Å². The number of nitrogens with zero attached hydrogens (tertiary/aromatic N) is 1. The van der Waals surface area contributed by atoms with Crippen LogP contribution in [0.2, 0.25) is 5.02 Å². The molecular formula is C15H13ClIN3O3. The molecule has 6 nitrogen and oxygen atoms in total. The molecule has 0 saturated carbocycles. The summed E-state index contributed by atoms with van der Waals surface area (Å²) in [4.78, 5) is 27.9. The van der Waals surface area contributed by atoms with Gasteiger partial charge in [0, 0.05) is 9.77 Å². The number of hydrogen-bond acceptors (Lipinski definition) is 4. The number of rotatable bonds is 5. The molecule has 0 aliphatic rings. The Labute approximate surface area is 151 Å². The summed E-state index contributed by atoms with van der Waals surface area (Å²) >= 11 is 8.07. The Bertz CT molecular complexity index is 725. The van der Waals surface area contributed by atoms with E-state index in [0.717, 1.165) is 3.57 Å². The lowest BCUT2D eigenvalue weighted by Crippen LogP contribution is -2.33. The van der Waals surface area contributed by atoms with Gasteiger partial charge in [-0.05, 0) is 46.9 Å². The molecule has 1 aromatic carbocycles. The van der Waals surface area contributed by atoms with E-state index in [4.69, 9.17) is 16.3 Å². The maximum Gasteiger partial charge on any atom is 0.255 e. The third-order valence-electron chi connectivity index (χ3n) is 2.84. The largest absolute Gasteiger partial charge is 0.496 e. The van der Waals surface area contributed by atoms with Crippen LogP contribution in [0.1, 0.15) is 10.4 Å². The second-order valence-corrected chi connectivity index (χ2v) is 6.01. The van der Waals surface area contributed by atoms with E-state index in [-0.39, 0.29) is 18.0 Å². The third-order valence-corrected chi connectivity index (χ3v) is 4.37. The maximum absolute atomic E-state index is 12.2. The first-order valence-corrected chi connectivity index (χ1v) is 7.98. The number of ether oxygens (including phenoxy) is 1. The van der Waals surface area contributed by atoms with Gasteiger partial charge in [-0.3, -0.25) is 14.6 Å². The van der Waals surface area contributed by atoms with Crippen molar-refractivity contribution in [1.29, 1.82) is 0 Å². The van der Waals surface area contributed by atoms with Crippen LogP contribution in [0.4, 0.5) is 5.69 Å². The van der Waals surface area contributed by atoms with E-state index in [1.165, 1.54) is 19.4 Å². The van der Waals surface area contributed by atoms with Crippen LogP contribution in [0, 0.1) is 3.57 Å². The number of benzene rings is 1. The SMILES string of the molecule is COc1cc(I)c(Cl)cc1C(=O)NCC(=O)Nc1cccnc1. The van der Waals surface area contributed by atoms with Gasteiger partial charge in [-0.1, -0.05) is 11.6 Å². The average molecular weight is 446 g/mol. The van der Waals surface area contributed by atoms with E-state index in [0.29, 0.717) is 16.5 Å². The Morgan fingerprint density at radius 2 is 2.17 bits per heavy atom. The normalized spacial score (nSPS) is 10.0. The number of hydrogen-bond donors (Lipinski definition) is 2. The Balaban J connectivity index is 2.00. The molecule has 2 N–H and O–H groups in total. The fourth-order valence-electron chi connectivity index (χ4n) is 1.77. The van der Waals surface area contributed by atoms with E-state index in [2.05, 4.69) is 15.6 Å². The molecule has 0 fully saturated rings. The van der Waals surface area contributed by atoms with Crippen LogP contribution in [0.15, 0.2) is 36.7 Å². The number of nitrogens with one attached hydrogen (secondary N) is 2. The predicted octanol–water partition coefficient (Wildman–Crippen LogP) is 2.72. The van der Waals surface area contributed by atoms with Crippen LogP contribution < -0.4 is 15.4 Å². The Morgan fingerprint density at radius 1 is 1.39 bits per heavy atom. The molecule has 1 aromatic heterocycles. The molecule has 0 aliphatic heterocycles. The molecule has 2 amide bonds. The van der Waals surface area contributed by atoms with Gasteiger partial charge in [0.1, 0.15) is 5.75 Å². The number of pyridine rings is 1. The molecule has 2 rings (SSSR count). The molecule has 23 heavy (non-hydrogen) atoms. The van der Waals surface area contributed by atoms with Gasteiger partial charge in [0.15, 0.2) is 0 Å². The molecule has 0 spiro atoms. The smallest absolute Gasteiger partial charge is 0.255 e. The standard InChI is InChI=1S/C15H13ClIN3O3/c1-23-13-6-12(17)11(16)5-10(13)15(22)19-8-14(21)20-9-3-2-4-18-7-9/h2-7H,8H2,1H3,(H,19,22)(H,20,21). The van der Waals surface area contributed by atoms with Crippen molar-refractivity contribution >= 4 is 51.7 Å². The van der Waals surface area contributed by atoms with Gasteiger partial charge in [0.2, 0.25) is 5.91 Å². The minimum atomic E-state index is -0.443. The second kappa shape index (κ2) is 8.11. The second-order valence-electron chi connectivity index (χ2n) is 4.44. The van der Waals surface area contributed by atoms with Crippen molar-refractivity contribution in [3.8, 4) is 5.75 Å². The summed E-state index contributed by atoms with van der Waals surface area (Å²) in [6.45, 7) is -0.180. The summed E-state index contributed by atoms with van der Waals surface area (Å²) in [6, 6.07) is 6.57. The van der Waals surface area contributed by atoms with E-state index < -0.39 is 5.91 Å². The van der Waals surface area contributed by atoms with Crippen LogP contribution in [0.5, 0.6) is 5.75 Å². The van der Waals surface area contributed by atoms with Crippen molar-refractivity contribution in [2.75, 3.05) is 19.0 Å². The minimum absolute atomic E-state index is 0.180. The number of aromatic nitrogens is 1. The Hall–Kier alpha value is -1.87. The summed E-state index contributed by atoms with van der Waals surface area (Å²) in [5.41, 5.74) is 0.828. The monoisotopic (exact) mass is 445 g/mol. The van der Waals surface area contributed by atoms with Crippen LogP contribution >= 0.6 is 34.2 Å². The molecule has 0 saturated heterocycles. The van der Waals surface area contributed by atoms with E-state index in [1.807, 2.05) is 22.6 Å². The van der Waals surface area contributed by atoms with Gasteiger partial charge in [-0.15, -0.1) is 0 Å². The third kappa shape index (κ3) is 4.80. The molecule has 0 radical (unpaired) electrons. The summed E-state index contributed by atoms with van der Waals surface area (Å²) in [5, 5.41) is 5.59. The number of carbonyl (C=O) groups is 2. The van der Waals surface area contributed by atoms with Gasteiger partial charge in [-0.2, -0.15) is 0 Å². The lowest BCUT2D eigenvalue weighted by Gasteiger charge is -2.11. The molecule has 0 bridgehead atoms. The maximum atomic E-state index is 12.2. The fraction of sp³-hybridized carbons (Fsp3) is 0.133. The molecule has 0 unspecified atom stereocenters. The Kier molecular flexibility index (Phi) is 6.17. The van der Waals surface area contributed by atoms with Gasteiger partial charge >= 0.3 is 0 Å². The zero-order valence-electron chi connectivity index (χ0n) is 12.1. The highest BCUT2D eigenvalue weighted by Gasteiger charge is 2.16. The van der Waals surface area contributed by atoms with Crippen LogP contribution in [-0.2, 0) is 4.79 Å². The quantitative estimate of drug-likeness (QED) is 0.694. The molecule has 1 heterocycles. The molecule has 2 aromatic rings.